The molecule has 4 aromatic rings. The van der Waals surface area contributed by atoms with Crippen LogP contribution in [0.3, 0.4) is 0 Å². The summed E-state index contributed by atoms with van der Waals surface area (Å²) in [5, 5.41) is 3.41. The zero-order valence-corrected chi connectivity index (χ0v) is 15.3. The summed E-state index contributed by atoms with van der Waals surface area (Å²) in [5.74, 6) is -2.08. The number of pyridine rings is 2. The Morgan fingerprint density at radius 1 is 1.10 bits per heavy atom. The standard InChI is InChI=1S/C21H14F4N4O/c22-17-5-4-13(9-16(17)21(23,24)25)20(30)29-18-6-3-12(10-27-18)8-14-11-28-19-15(14)2-1-7-26-19/h1-7,9-11H,8H2,(H,26,28)(H,27,29,30). The number of benzene rings is 1. The predicted molar refractivity (Wildman–Crippen MR) is 102 cm³/mol. The molecular formula is C21H14F4N4O. The van der Waals surface area contributed by atoms with Gasteiger partial charge in [-0.25, -0.2) is 14.4 Å². The summed E-state index contributed by atoms with van der Waals surface area (Å²) in [6.45, 7) is 0. The Kier molecular flexibility index (Phi) is 4.94. The van der Waals surface area contributed by atoms with Gasteiger partial charge in [-0.2, -0.15) is 13.2 Å². The van der Waals surface area contributed by atoms with Crippen LogP contribution in [0.25, 0.3) is 11.0 Å². The van der Waals surface area contributed by atoms with Crippen molar-refractivity contribution in [3.63, 3.8) is 0 Å². The Bertz CT molecular complexity index is 1220. The van der Waals surface area contributed by atoms with Crippen molar-refractivity contribution in [2.75, 3.05) is 5.32 Å². The maximum Gasteiger partial charge on any atom is 0.419 e. The summed E-state index contributed by atoms with van der Waals surface area (Å²) in [4.78, 5) is 23.7. The molecule has 0 unspecified atom stereocenters. The third-order valence-electron chi connectivity index (χ3n) is 4.53. The lowest BCUT2D eigenvalue weighted by Crippen LogP contribution is -2.16. The normalized spacial score (nSPS) is 11.6. The molecule has 0 saturated heterocycles. The fourth-order valence-electron chi connectivity index (χ4n) is 3.05. The van der Waals surface area contributed by atoms with Crippen LogP contribution >= 0.6 is 0 Å². The predicted octanol–water partition coefficient (Wildman–Crippen LogP) is 4.96. The van der Waals surface area contributed by atoms with Gasteiger partial charge in [-0.1, -0.05) is 6.07 Å². The van der Waals surface area contributed by atoms with Crippen LogP contribution in [-0.4, -0.2) is 20.9 Å². The van der Waals surface area contributed by atoms with E-state index in [0.717, 1.165) is 28.2 Å². The number of hydrogen-bond acceptors (Lipinski definition) is 3. The molecule has 4 rings (SSSR count). The molecule has 1 amide bonds. The quantitative estimate of drug-likeness (QED) is 0.464. The average molecular weight is 414 g/mol. The minimum atomic E-state index is -4.89. The van der Waals surface area contributed by atoms with E-state index >= 15 is 0 Å². The van der Waals surface area contributed by atoms with Gasteiger partial charge in [0.1, 0.15) is 17.3 Å². The number of fused-ring (bicyclic) bond motifs is 1. The highest BCUT2D eigenvalue weighted by Crippen LogP contribution is 2.32. The van der Waals surface area contributed by atoms with Gasteiger partial charge in [0.05, 0.1) is 5.56 Å². The number of carbonyl (C=O) groups excluding carboxylic acids is 1. The second-order valence-corrected chi connectivity index (χ2v) is 6.59. The van der Waals surface area contributed by atoms with Gasteiger partial charge >= 0.3 is 6.18 Å². The van der Waals surface area contributed by atoms with Crippen LogP contribution < -0.4 is 5.32 Å². The third-order valence-corrected chi connectivity index (χ3v) is 4.53. The minimum Gasteiger partial charge on any atom is -0.346 e. The summed E-state index contributed by atoms with van der Waals surface area (Å²) in [7, 11) is 0. The van der Waals surface area contributed by atoms with Crippen LogP contribution in [0.15, 0.2) is 61.1 Å². The first-order valence-electron chi connectivity index (χ1n) is 8.85. The number of aromatic nitrogens is 3. The topological polar surface area (TPSA) is 70.7 Å². The molecule has 0 atom stereocenters. The second kappa shape index (κ2) is 7.58. The molecule has 0 radical (unpaired) electrons. The number of aromatic amines is 1. The summed E-state index contributed by atoms with van der Waals surface area (Å²) in [6.07, 6.45) is 0.815. The highest BCUT2D eigenvalue weighted by Gasteiger charge is 2.34. The summed E-state index contributed by atoms with van der Waals surface area (Å²) >= 11 is 0. The molecule has 0 aliphatic rings. The Labute approximate surface area is 167 Å². The first-order valence-corrected chi connectivity index (χ1v) is 8.85. The van der Waals surface area contributed by atoms with Gasteiger partial charge in [-0.3, -0.25) is 4.79 Å². The number of nitrogens with zero attached hydrogens (tertiary/aromatic N) is 2. The van der Waals surface area contributed by atoms with Crippen molar-refractivity contribution in [2.24, 2.45) is 0 Å². The minimum absolute atomic E-state index is 0.169. The van der Waals surface area contributed by atoms with Gasteiger partial charge < -0.3 is 10.3 Å². The van der Waals surface area contributed by atoms with E-state index in [9.17, 15) is 22.4 Å². The molecule has 0 spiro atoms. The molecule has 0 bridgehead atoms. The van der Waals surface area contributed by atoms with Crippen LogP contribution in [0.1, 0.15) is 27.0 Å². The molecule has 30 heavy (non-hydrogen) atoms. The second-order valence-electron chi connectivity index (χ2n) is 6.59. The van der Waals surface area contributed by atoms with Gasteiger partial charge in [0.25, 0.3) is 5.91 Å². The Morgan fingerprint density at radius 2 is 1.93 bits per heavy atom. The monoisotopic (exact) mass is 414 g/mol. The van der Waals surface area contributed by atoms with Crippen LogP contribution in [0.4, 0.5) is 23.4 Å². The number of halogens is 4. The van der Waals surface area contributed by atoms with Gasteiger partial charge in [0.2, 0.25) is 0 Å². The average Bonchev–Trinajstić information content (AvgIpc) is 3.12. The van der Waals surface area contributed by atoms with Crippen molar-refractivity contribution in [3.8, 4) is 0 Å². The Hall–Kier alpha value is -3.75. The molecule has 0 fully saturated rings. The van der Waals surface area contributed by atoms with Crippen LogP contribution in [-0.2, 0) is 12.6 Å². The number of carbonyl (C=O) groups is 1. The van der Waals surface area contributed by atoms with Gasteiger partial charge in [0.15, 0.2) is 0 Å². The van der Waals surface area contributed by atoms with Gasteiger partial charge in [-0.05, 0) is 47.5 Å². The summed E-state index contributed by atoms with van der Waals surface area (Å²) in [6, 6.07) is 9.18. The molecule has 152 valence electrons. The molecule has 9 heteroatoms. The number of H-pyrrole nitrogens is 1. The van der Waals surface area contributed by atoms with E-state index in [1.807, 2.05) is 18.3 Å². The molecule has 5 nitrogen and oxygen atoms in total. The molecule has 0 saturated carbocycles. The lowest BCUT2D eigenvalue weighted by atomic mass is 10.1. The Morgan fingerprint density at radius 3 is 2.67 bits per heavy atom. The molecule has 0 aliphatic carbocycles. The number of alkyl halides is 3. The lowest BCUT2D eigenvalue weighted by Gasteiger charge is -2.10. The van der Waals surface area contributed by atoms with Crippen molar-refractivity contribution in [3.05, 3.63) is 89.1 Å². The first-order chi connectivity index (χ1) is 14.3. The summed E-state index contributed by atoms with van der Waals surface area (Å²) in [5.41, 5.74) is 0.871. The SMILES string of the molecule is O=C(Nc1ccc(Cc2c[nH]c3ncccc23)cn1)c1ccc(F)c(C(F)(F)F)c1. The van der Waals surface area contributed by atoms with E-state index in [-0.39, 0.29) is 11.4 Å². The van der Waals surface area contributed by atoms with Gasteiger partial charge in [-0.15, -0.1) is 0 Å². The van der Waals surface area contributed by atoms with Crippen molar-refractivity contribution < 1.29 is 22.4 Å². The smallest absolute Gasteiger partial charge is 0.346 e. The van der Waals surface area contributed by atoms with E-state index in [1.165, 1.54) is 0 Å². The van der Waals surface area contributed by atoms with Crippen molar-refractivity contribution in [2.45, 2.75) is 12.6 Å². The number of nitrogens with one attached hydrogen (secondary N) is 2. The highest BCUT2D eigenvalue weighted by molar-refractivity contribution is 6.03. The van der Waals surface area contributed by atoms with Crippen molar-refractivity contribution in [1.29, 1.82) is 0 Å². The fraction of sp³-hybridized carbons (Fsp3) is 0.0952. The number of anilines is 1. The highest BCUT2D eigenvalue weighted by atomic mass is 19.4. The maximum absolute atomic E-state index is 13.4. The van der Waals surface area contributed by atoms with E-state index in [0.29, 0.717) is 18.6 Å². The molecule has 2 N–H and O–H groups in total. The van der Waals surface area contributed by atoms with Crippen molar-refractivity contribution in [1.82, 2.24) is 15.0 Å². The molecule has 1 aromatic carbocycles. The molecule has 3 aromatic heterocycles. The largest absolute Gasteiger partial charge is 0.419 e. The molecule has 0 aliphatic heterocycles. The van der Waals surface area contributed by atoms with E-state index in [2.05, 4.69) is 20.3 Å². The van der Waals surface area contributed by atoms with Crippen molar-refractivity contribution >= 4 is 22.8 Å². The van der Waals surface area contributed by atoms with Gasteiger partial charge in [0, 0.05) is 36.0 Å². The first kappa shape index (κ1) is 19.6. The van der Waals surface area contributed by atoms with E-state index in [1.54, 1.807) is 24.5 Å². The fourth-order valence-corrected chi connectivity index (χ4v) is 3.05. The zero-order valence-electron chi connectivity index (χ0n) is 15.3. The Balaban J connectivity index is 1.48. The van der Waals surface area contributed by atoms with Crippen LogP contribution in [0.2, 0.25) is 0 Å². The third kappa shape index (κ3) is 4.00. The van der Waals surface area contributed by atoms with Crippen LogP contribution in [0, 0.1) is 5.82 Å². The maximum atomic E-state index is 13.4. The van der Waals surface area contributed by atoms with Crippen LogP contribution in [0.5, 0.6) is 0 Å². The zero-order chi connectivity index (χ0) is 21.3. The lowest BCUT2D eigenvalue weighted by molar-refractivity contribution is -0.140. The number of rotatable bonds is 4. The number of amides is 1. The van der Waals surface area contributed by atoms with E-state index in [4.69, 9.17) is 0 Å². The number of hydrogen-bond donors (Lipinski definition) is 2. The molecular weight excluding hydrogens is 400 g/mol. The summed E-state index contributed by atoms with van der Waals surface area (Å²) < 4.78 is 51.9. The molecule has 3 heterocycles. The van der Waals surface area contributed by atoms with E-state index < -0.39 is 23.5 Å².